The SMILES string of the molecule is COc1ncnc(N2CCSCC2C)c1N. The average molecular weight is 240 g/mol. The number of hydrogen-bond acceptors (Lipinski definition) is 6. The lowest BCUT2D eigenvalue weighted by molar-refractivity contribution is 0.399. The quantitative estimate of drug-likeness (QED) is 0.832. The molecule has 5 nitrogen and oxygen atoms in total. The van der Waals surface area contributed by atoms with Gasteiger partial charge in [-0.25, -0.2) is 4.98 Å². The van der Waals surface area contributed by atoms with Gasteiger partial charge in [-0.2, -0.15) is 16.7 Å². The van der Waals surface area contributed by atoms with E-state index in [2.05, 4.69) is 21.8 Å². The highest BCUT2D eigenvalue weighted by Crippen LogP contribution is 2.31. The molecule has 88 valence electrons. The third kappa shape index (κ3) is 2.02. The van der Waals surface area contributed by atoms with Crippen LogP contribution in [0.15, 0.2) is 6.33 Å². The molecule has 2 N–H and O–H groups in total. The molecule has 1 atom stereocenters. The van der Waals surface area contributed by atoms with Crippen LogP contribution >= 0.6 is 11.8 Å². The summed E-state index contributed by atoms with van der Waals surface area (Å²) in [4.78, 5) is 10.5. The van der Waals surface area contributed by atoms with Crippen LogP contribution in [0.4, 0.5) is 11.5 Å². The molecule has 1 aromatic rings. The standard InChI is InChI=1S/C10H16N4OS/c1-7-5-16-4-3-14(7)9-8(11)10(15-2)13-6-12-9/h6-7H,3-5,11H2,1-2H3. The van der Waals surface area contributed by atoms with E-state index in [0.717, 1.165) is 23.9 Å². The van der Waals surface area contributed by atoms with Crippen LogP contribution < -0.4 is 15.4 Å². The zero-order chi connectivity index (χ0) is 11.5. The molecule has 0 radical (unpaired) electrons. The van der Waals surface area contributed by atoms with E-state index in [1.165, 1.54) is 6.33 Å². The monoisotopic (exact) mass is 240 g/mol. The molecule has 1 aliphatic rings. The number of anilines is 2. The lowest BCUT2D eigenvalue weighted by atomic mass is 10.3. The van der Waals surface area contributed by atoms with Crippen LogP contribution in [0.1, 0.15) is 6.92 Å². The number of ether oxygens (including phenoxy) is 1. The predicted molar refractivity (Wildman–Crippen MR) is 67.1 cm³/mol. The highest BCUT2D eigenvalue weighted by molar-refractivity contribution is 7.99. The summed E-state index contributed by atoms with van der Waals surface area (Å²) < 4.78 is 5.10. The molecule has 0 aliphatic carbocycles. The third-order valence-electron chi connectivity index (χ3n) is 2.66. The van der Waals surface area contributed by atoms with E-state index in [-0.39, 0.29) is 0 Å². The number of nitrogens with zero attached hydrogens (tertiary/aromatic N) is 3. The molecule has 1 unspecified atom stereocenters. The second kappa shape index (κ2) is 4.78. The van der Waals surface area contributed by atoms with E-state index in [1.54, 1.807) is 7.11 Å². The van der Waals surface area contributed by atoms with E-state index in [9.17, 15) is 0 Å². The van der Waals surface area contributed by atoms with Gasteiger partial charge in [0.15, 0.2) is 5.82 Å². The number of thioether (sulfide) groups is 1. The van der Waals surface area contributed by atoms with Gasteiger partial charge < -0.3 is 15.4 Å². The molecule has 1 aromatic heterocycles. The summed E-state index contributed by atoms with van der Waals surface area (Å²) in [6.07, 6.45) is 1.50. The van der Waals surface area contributed by atoms with E-state index < -0.39 is 0 Å². The smallest absolute Gasteiger partial charge is 0.242 e. The molecule has 0 spiro atoms. The van der Waals surface area contributed by atoms with Gasteiger partial charge in [-0.05, 0) is 6.92 Å². The van der Waals surface area contributed by atoms with Crippen LogP contribution in [-0.2, 0) is 0 Å². The summed E-state index contributed by atoms with van der Waals surface area (Å²) >= 11 is 1.96. The Labute approximate surface area is 99.4 Å². The molecule has 0 saturated carbocycles. The second-order valence-electron chi connectivity index (χ2n) is 3.74. The van der Waals surface area contributed by atoms with Crippen LogP contribution in [0.3, 0.4) is 0 Å². The minimum Gasteiger partial charge on any atom is -0.479 e. The fraction of sp³-hybridized carbons (Fsp3) is 0.600. The van der Waals surface area contributed by atoms with Crippen molar-refractivity contribution >= 4 is 23.3 Å². The van der Waals surface area contributed by atoms with Gasteiger partial charge in [0.2, 0.25) is 5.88 Å². The van der Waals surface area contributed by atoms with Gasteiger partial charge in [-0.3, -0.25) is 0 Å². The molecule has 6 heteroatoms. The number of nitrogen functional groups attached to an aromatic ring is 1. The van der Waals surface area contributed by atoms with E-state index in [1.807, 2.05) is 11.8 Å². The van der Waals surface area contributed by atoms with Crippen molar-refractivity contribution in [2.24, 2.45) is 0 Å². The predicted octanol–water partition coefficient (Wildman–Crippen LogP) is 1.01. The summed E-state index contributed by atoms with van der Waals surface area (Å²) in [7, 11) is 1.57. The molecule has 2 rings (SSSR count). The molecule has 0 amide bonds. The topological polar surface area (TPSA) is 64.3 Å². The Balaban J connectivity index is 2.31. The van der Waals surface area contributed by atoms with Crippen LogP contribution in [0, 0.1) is 0 Å². The molecular formula is C10H16N4OS. The van der Waals surface area contributed by atoms with Crippen molar-refractivity contribution < 1.29 is 4.74 Å². The highest BCUT2D eigenvalue weighted by Gasteiger charge is 2.23. The first-order chi connectivity index (χ1) is 7.74. The van der Waals surface area contributed by atoms with Crippen LogP contribution in [0.25, 0.3) is 0 Å². The molecule has 0 bridgehead atoms. The number of nitrogens with two attached hydrogens (primary N) is 1. The Hall–Kier alpha value is -1.17. The largest absolute Gasteiger partial charge is 0.479 e. The van der Waals surface area contributed by atoms with E-state index >= 15 is 0 Å². The zero-order valence-electron chi connectivity index (χ0n) is 9.51. The van der Waals surface area contributed by atoms with Gasteiger partial charge in [0.1, 0.15) is 12.0 Å². The maximum Gasteiger partial charge on any atom is 0.242 e. The van der Waals surface area contributed by atoms with Gasteiger partial charge in [-0.1, -0.05) is 0 Å². The van der Waals surface area contributed by atoms with Crippen molar-refractivity contribution in [2.45, 2.75) is 13.0 Å². The maximum atomic E-state index is 5.99. The molecular weight excluding hydrogens is 224 g/mol. The van der Waals surface area contributed by atoms with Gasteiger partial charge in [0.25, 0.3) is 0 Å². The zero-order valence-corrected chi connectivity index (χ0v) is 10.3. The first kappa shape index (κ1) is 11.3. The molecule has 1 fully saturated rings. The number of hydrogen-bond donors (Lipinski definition) is 1. The lowest BCUT2D eigenvalue weighted by Gasteiger charge is -2.34. The fourth-order valence-electron chi connectivity index (χ4n) is 1.80. The van der Waals surface area contributed by atoms with Gasteiger partial charge in [-0.15, -0.1) is 0 Å². The first-order valence-electron chi connectivity index (χ1n) is 5.23. The Morgan fingerprint density at radius 2 is 2.38 bits per heavy atom. The van der Waals surface area contributed by atoms with Crippen molar-refractivity contribution in [3.05, 3.63) is 6.33 Å². The fourth-order valence-corrected chi connectivity index (χ4v) is 2.82. The van der Waals surface area contributed by atoms with Crippen LogP contribution in [-0.4, -0.2) is 41.2 Å². The average Bonchev–Trinajstić information content (AvgIpc) is 2.31. The Kier molecular flexibility index (Phi) is 3.38. The summed E-state index contributed by atoms with van der Waals surface area (Å²) in [6.45, 7) is 3.15. The number of methoxy groups -OCH3 is 1. The Bertz CT molecular complexity index is 374. The van der Waals surface area contributed by atoms with Crippen molar-refractivity contribution in [3.63, 3.8) is 0 Å². The molecule has 1 saturated heterocycles. The Morgan fingerprint density at radius 3 is 3.06 bits per heavy atom. The second-order valence-corrected chi connectivity index (χ2v) is 4.89. The van der Waals surface area contributed by atoms with E-state index in [0.29, 0.717) is 17.6 Å². The number of aromatic nitrogens is 2. The minimum atomic E-state index is 0.445. The molecule has 2 heterocycles. The Morgan fingerprint density at radius 1 is 1.56 bits per heavy atom. The third-order valence-corrected chi connectivity index (χ3v) is 3.85. The van der Waals surface area contributed by atoms with Gasteiger partial charge >= 0.3 is 0 Å². The van der Waals surface area contributed by atoms with E-state index in [4.69, 9.17) is 10.5 Å². The molecule has 16 heavy (non-hydrogen) atoms. The normalized spacial score (nSPS) is 20.9. The van der Waals surface area contributed by atoms with Crippen LogP contribution in [0.2, 0.25) is 0 Å². The first-order valence-corrected chi connectivity index (χ1v) is 6.38. The van der Waals surface area contributed by atoms with Crippen molar-refractivity contribution in [1.82, 2.24) is 9.97 Å². The summed E-state index contributed by atoms with van der Waals surface area (Å²) in [5.41, 5.74) is 6.52. The van der Waals surface area contributed by atoms with Crippen LogP contribution in [0.5, 0.6) is 5.88 Å². The van der Waals surface area contributed by atoms with Crippen molar-refractivity contribution in [1.29, 1.82) is 0 Å². The van der Waals surface area contributed by atoms with Gasteiger partial charge in [0.05, 0.1) is 7.11 Å². The summed E-state index contributed by atoms with van der Waals surface area (Å²) in [5, 5.41) is 0. The summed E-state index contributed by atoms with van der Waals surface area (Å²) in [5.74, 6) is 3.46. The van der Waals surface area contributed by atoms with Crippen molar-refractivity contribution in [2.75, 3.05) is 35.8 Å². The number of rotatable bonds is 2. The van der Waals surface area contributed by atoms with Crippen molar-refractivity contribution in [3.8, 4) is 5.88 Å². The van der Waals surface area contributed by atoms with Gasteiger partial charge in [0, 0.05) is 24.1 Å². The molecule has 0 aromatic carbocycles. The minimum absolute atomic E-state index is 0.445. The highest BCUT2D eigenvalue weighted by atomic mass is 32.2. The molecule has 1 aliphatic heterocycles. The summed E-state index contributed by atoms with van der Waals surface area (Å²) in [6, 6.07) is 0.445. The maximum absolute atomic E-state index is 5.99. The lowest BCUT2D eigenvalue weighted by Crippen LogP contribution is -2.41.